The maximum Gasteiger partial charge on any atom is -0.344 e. The SMILES string of the molecule is CCC[CH2][Sn]([CH2]CCC)([CH2]CCC)[c]1cc(-c2ccccc2)c(-c2ccccc2)o1.N. The van der Waals surface area contributed by atoms with E-state index in [0.29, 0.717) is 0 Å². The molecule has 0 saturated carbocycles. The van der Waals surface area contributed by atoms with E-state index in [9.17, 15) is 0 Å². The van der Waals surface area contributed by atoms with Gasteiger partial charge in [0, 0.05) is 0 Å². The molecular formula is C28H41NOSn. The number of hydrogen-bond acceptors (Lipinski definition) is 2. The Kier molecular flexibility index (Phi) is 10.9. The van der Waals surface area contributed by atoms with Crippen molar-refractivity contribution in [1.82, 2.24) is 6.15 Å². The molecule has 0 amide bonds. The molecule has 2 aromatic carbocycles. The quantitative estimate of drug-likeness (QED) is 0.240. The molecule has 0 radical (unpaired) electrons. The van der Waals surface area contributed by atoms with E-state index >= 15 is 0 Å². The molecule has 0 unspecified atom stereocenters. The second-order valence-electron chi connectivity index (χ2n) is 8.68. The van der Waals surface area contributed by atoms with E-state index in [1.54, 1.807) is 0 Å². The minimum Gasteiger partial charge on any atom is -0.344 e. The van der Waals surface area contributed by atoms with Gasteiger partial charge in [-0.05, 0) is 0 Å². The van der Waals surface area contributed by atoms with Crippen molar-refractivity contribution in [1.29, 1.82) is 0 Å². The smallest absolute Gasteiger partial charge is 0.344 e. The van der Waals surface area contributed by atoms with Crippen LogP contribution in [0.15, 0.2) is 71.1 Å². The van der Waals surface area contributed by atoms with Gasteiger partial charge in [0.2, 0.25) is 0 Å². The molecule has 1 aromatic heterocycles. The second-order valence-corrected chi connectivity index (χ2v) is 21.7. The Morgan fingerprint density at radius 1 is 0.645 bits per heavy atom. The monoisotopic (exact) mass is 527 g/mol. The third-order valence-corrected chi connectivity index (χ3v) is 21.3. The first-order chi connectivity index (χ1) is 14.7. The zero-order chi connectivity index (χ0) is 21.2. The summed E-state index contributed by atoms with van der Waals surface area (Å²) in [5.74, 6) is 1.07. The molecule has 3 N–H and O–H groups in total. The second kappa shape index (κ2) is 13.1. The summed E-state index contributed by atoms with van der Waals surface area (Å²) in [6.45, 7) is 7.01. The summed E-state index contributed by atoms with van der Waals surface area (Å²) in [5, 5.41) is 0. The molecule has 0 spiro atoms. The van der Waals surface area contributed by atoms with Crippen LogP contribution >= 0.6 is 0 Å². The van der Waals surface area contributed by atoms with E-state index in [0.717, 1.165) is 5.76 Å². The molecular weight excluding hydrogens is 485 g/mol. The Labute approximate surface area is 193 Å². The predicted molar refractivity (Wildman–Crippen MR) is 139 cm³/mol. The number of unbranched alkanes of at least 4 members (excludes halogenated alkanes) is 3. The molecule has 0 saturated heterocycles. The number of hydrogen-bond donors (Lipinski definition) is 1. The first-order valence-electron chi connectivity index (χ1n) is 12.0. The normalized spacial score (nSPS) is 11.3. The van der Waals surface area contributed by atoms with Crippen molar-refractivity contribution in [3.05, 3.63) is 66.7 Å². The number of rotatable bonds is 12. The van der Waals surface area contributed by atoms with E-state index < -0.39 is 18.4 Å². The van der Waals surface area contributed by atoms with Crippen LogP contribution < -0.4 is 9.93 Å². The fourth-order valence-corrected chi connectivity index (χ4v) is 19.8. The Morgan fingerprint density at radius 2 is 1.10 bits per heavy atom. The zero-order valence-electron chi connectivity index (χ0n) is 19.8. The molecule has 0 aliphatic carbocycles. The number of furan rings is 1. The van der Waals surface area contributed by atoms with Gasteiger partial charge in [0.1, 0.15) is 0 Å². The summed E-state index contributed by atoms with van der Waals surface area (Å²) >= 11 is -2.61. The van der Waals surface area contributed by atoms with Gasteiger partial charge in [0.15, 0.2) is 0 Å². The van der Waals surface area contributed by atoms with Gasteiger partial charge in [0.05, 0.1) is 0 Å². The van der Waals surface area contributed by atoms with Crippen LogP contribution in [0.4, 0.5) is 0 Å². The van der Waals surface area contributed by atoms with Crippen molar-refractivity contribution < 1.29 is 4.42 Å². The van der Waals surface area contributed by atoms with Crippen molar-refractivity contribution in [2.75, 3.05) is 0 Å². The average Bonchev–Trinajstić information content (AvgIpc) is 3.26. The average molecular weight is 526 g/mol. The van der Waals surface area contributed by atoms with Gasteiger partial charge in [-0.25, -0.2) is 0 Å². The van der Waals surface area contributed by atoms with Gasteiger partial charge in [0.25, 0.3) is 0 Å². The maximum atomic E-state index is 6.91. The first-order valence-corrected chi connectivity index (χ1v) is 19.5. The summed E-state index contributed by atoms with van der Waals surface area (Å²) < 4.78 is 12.6. The fourth-order valence-electron chi connectivity index (χ4n) is 4.58. The van der Waals surface area contributed by atoms with E-state index in [2.05, 4.69) is 87.5 Å². The van der Waals surface area contributed by atoms with Crippen molar-refractivity contribution in [2.45, 2.75) is 72.6 Å². The van der Waals surface area contributed by atoms with Crippen LogP contribution in [0.5, 0.6) is 0 Å². The van der Waals surface area contributed by atoms with Crippen LogP contribution in [-0.4, -0.2) is 18.4 Å². The predicted octanol–water partition coefficient (Wildman–Crippen LogP) is 8.83. The van der Waals surface area contributed by atoms with Gasteiger partial charge in [-0.15, -0.1) is 0 Å². The molecule has 0 atom stereocenters. The van der Waals surface area contributed by atoms with Crippen LogP contribution in [0.3, 0.4) is 0 Å². The fraction of sp³-hybridized carbons (Fsp3) is 0.429. The van der Waals surface area contributed by atoms with E-state index in [1.165, 1.54) is 72.3 Å². The largest absolute Gasteiger partial charge is 0.344 e. The standard InChI is InChI=1S/C16H11O.3C4H9.H3N.Sn/c1-3-7-13(8-4-1)15-11-12-17-16(15)14-9-5-2-6-10-14;3*1-3-4-2;;/h1-11H;3*1,3-4H2,2H3;1H3;. The third kappa shape index (κ3) is 6.49. The first kappa shape index (κ1) is 25.7. The van der Waals surface area contributed by atoms with Crippen molar-refractivity contribution in [3.63, 3.8) is 0 Å². The van der Waals surface area contributed by atoms with Crippen LogP contribution in [0.25, 0.3) is 22.5 Å². The summed E-state index contributed by atoms with van der Waals surface area (Å²) in [4.78, 5) is 0. The summed E-state index contributed by atoms with van der Waals surface area (Å²) in [6.07, 6.45) is 7.92. The topological polar surface area (TPSA) is 48.1 Å². The van der Waals surface area contributed by atoms with Gasteiger partial charge < -0.3 is 6.15 Å². The molecule has 168 valence electrons. The van der Waals surface area contributed by atoms with Crippen LogP contribution in [-0.2, 0) is 0 Å². The van der Waals surface area contributed by atoms with Crippen LogP contribution in [0.2, 0.25) is 13.3 Å². The summed E-state index contributed by atoms with van der Waals surface area (Å²) in [6, 6.07) is 24.0. The molecule has 31 heavy (non-hydrogen) atoms. The van der Waals surface area contributed by atoms with Gasteiger partial charge >= 0.3 is 188 Å². The Hall–Kier alpha value is -1.52. The van der Waals surface area contributed by atoms with Crippen molar-refractivity contribution >= 4 is 22.2 Å². The Balaban J connectivity index is 0.00000341. The van der Waals surface area contributed by atoms with Crippen molar-refractivity contribution in [2.24, 2.45) is 0 Å². The Bertz CT molecular complexity index is 794. The minimum absolute atomic E-state index is 0. The van der Waals surface area contributed by atoms with Gasteiger partial charge in [-0.1, -0.05) is 0 Å². The van der Waals surface area contributed by atoms with Crippen LogP contribution in [0, 0.1) is 0 Å². The molecule has 0 bridgehead atoms. The van der Waals surface area contributed by atoms with Gasteiger partial charge in [-0.3, -0.25) is 0 Å². The zero-order valence-corrected chi connectivity index (χ0v) is 22.7. The van der Waals surface area contributed by atoms with E-state index in [4.69, 9.17) is 4.42 Å². The third-order valence-electron chi connectivity index (χ3n) is 6.40. The maximum absolute atomic E-state index is 6.91. The molecule has 1 heterocycles. The molecule has 3 heteroatoms. The minimum atomic E-state index is -2.61. The molecule has 3 rings (SSSR count). The van der Waals surface area contributed by atoms with Gasteiger partial charge in [-0.2, -0.15) is 0 Å². The van der Waals surface area contributed by atoms with Crippen LogP contribution in [0.1, 0.15) is 59.3 Å². The summed E-state index contributed by atoms with van der Waals surface area (Å²) in [7, 11) is 0. The molecule has 0 aliphatic rings. The Morgan fingerprint density at radius 3 is 1.55 bits per heavy atom. The number of benzene rings is 2. The van der Waals surface area contributed by atoms with E-state index in [1.807, 2.05) is 0 Å². The van der Waals surface area contributed by atoms with E-state index in [-0.39, 0.29) is 6.15 Å². The van der Waals surface area contributed by atoms with Crippen molar-refractivity contribution in [3.8, 4) is 22.5 Å². The molecule has 0 aliphatic heterocycles. The summed E-state index contributed by atoms with van der Waals surface area (Å²) in [5.41, 5.74) is 3.75. The molecule has 0 fully saturated rings. The molecule has 3 aromatic rings. The molecule has 2 nitrogen and oxygen atoms in total.